The summed E-state index contributed by atoms with van der Waals surface area (Å²) < 4.78 is 18.1. The zero-order valence-electron chi connectivity index (χ0n) is 23.6. The molecule has 7 heteroatoms. The van der Waals surface area contributed by atoms with Gasteiger partial charge in [-0.1, -0.05) is 41.9 Å². The van der Waals surface area contributed by atoms with Crippen LogP contribution in [-0.4, -0.2) is 47.4 Å². The predicted octanol–water partition coefficient (Wildman–Crippen LogP) is 4.75. The number of fused-ring (bicyclic) bond motifs is 5. The van der Waals surface area contributed by atoms with Gasteiger partial charge in [-0.05, 0) is 71.3 Å². The molecule has 39 heavy (non-hydrogen) atoms. The summed E-state index contributed by atoms with van der Waals surface area (Å²) in [6.45, 7) is 13.7. The number of carbonyl (C=O) groups excluding carboxylic acids is 3. The Bertz CT molecular complexity index is 1250. The second-order valence-corrected chi connectivity index (χ2v) is 13.1. The van der Waals surface area contributed by atoms with Gasteiger partial charge in [0.15, 0.2) is 0 Å². The Morgan fingerprint density at radius 3 is 2.59 bits per heavy atom. The minimum atomic E-state index is -1.02. The summed E-state index contributed by atoms with van der Waals surface area (Å²) in [5.74, 6) is -2.05. The van der Waals surface area contributed by atoms with Crippen LogP contribution < -0.4 is 0 Å². The number of aliphatic hydroxyl groups is 1. The normalized spacial score (nSPS) is 47.8. The summed E-state index contributed by atoms with van der Waals surface area (Å²) >= 11 is 0. The Labute approximate surface area is 230 Å². The molecule has 0 aromatic rings. The van der Waals surface area contributed by atoms with Crippen LogP contribution in [0.15, 0.2) is 46.6 Å². The second-order valence-electron chi connectivity index (χ2n) is 13.1. The lowest BCUT2D eigenvalue weighted by Gasteiger charge is -2.43. The highest BCUT2D eigenvalue weighted by atomic mass is 16.6. The van der Waals surface area contributed by atoms with Crippen LogP contribution in [0.4, 0.5) is 0 Å². The molecule has 4 aliphatic carbocycles. The molecule has 6 aliphatic rings. The number of hydrogen-bond acceptors (Lipinski definition) is 7. The summed E-state index contributed by atoms with van der Waals surface area (Å²) in [5, 5.41) is 11.8. The first kappa shape index (κ1) is 26.5. The summed E-state index contributed by atoms with van der Waals surface area (Å²) in [4.78, 5) is 39.2. The molecule has 2 bridgehead atoms. The Hall–Kier alpha value is -2.67. The van der Waals surface area contributed by atoms with Gasteiger partial charge in [0, 0.05) is 35.7 Å². The average molecular weight is 537 g/mol. The largest absolute Gasteiger partial charge is 0.461 e. The molecule has 2 aliphatic heterocycles. The van der Waals surface area contributed by atoms with Gasteiger partial charge in [-0.3, -0.25) is 9.59 Å². The van der Waals surface area contributed by atoms with Crippen molar-refractivity contribution in [2.75, 3.05) is 0 Å². The van der Waals surface area contributed by atoms with Crippen molar-refractivity contribution in [2.45, 2.75) is 97.6 Å². The number of ether oxygens (including phenoxy) is 3. The number of allylic oxidation sites excluding steroid dienone is 2. The van der Waals surface area contributed by atoms with Crippen molar-refractivity contribution in [3.05, 3.63) is 46.6 Å². The fourth-order valence-corrected chi connectivity index (χ4v) is 9.49. The first-order valence-electron chi connectivity index (χ1n) is 14.4. The molecule has 7 nitrogen and oxygen atoms in total. The maximum atomic E-state index is 14.2. The fraction of sp³-hybridized carbons (Fsp3) is 0.656. The molecule has 0 radical (unpaired) electrons. The van der Waals surface area contributed by atoms with Gasteiger partial charge in [0.1, 0.15) is 18.3 Å². The van der Waals surface area contributed by atoms with Crippen molar-refractivity contribution < 1.29 is 33.7 Å². The van der Waals surface area contributed by atoms with E-state index in [1.807, 2.05) is 19.9 Å². The third-order valence-corrected chi connectivity index (χ3v) is 11.1. The average Bonchev–Trinajstić information content (AvgIpc) is 3.42. The quantitative estimate of drug-likeness (QED) is 0.224. The lowest BCUT2D eigenvalue weighted by Crippen LogP contribution is -2.47. The number of esters is 3. The van der Waals surface area contributed by atoms with E-state index in [0.29, 0.717) is 31.3 Å². The van der Waals surface area contributed by atoms with Gasteiger partial charge >= 0.3 is 17.9 Å². The van der Waals surface area contributed by atoms with Crippen LogP contribution in [0.5, 0.6) is 0 Å². The molecule has 0 unspecified atom stereocenters. The van der Waals surface area contributed by atoms with Crippen molar-refractivity contribution in [3.8, 4) is 0 Å². The highest BCUT2D eigenvalue weighted by molar-refractivity contribution is 5.91. The Kier molecular flexibility index (Phi) is 6.07. The van der Waals surface area contributed by atoms with Crippen LogP contribution >= 0.6 is 0 Å². The Morgan fingerprint density at radius 2 is 1.87 bits per heavy atom. The van der Waals surface area contributed by atoms with E-state index in [4.69, 9.17) is 14.2 Å². The minimum absolute atomic E-state index is 0.0349. The number of aliphatic hydroxyl groups excluding tert-OH is 1. The van der Waals surface area contributed by atoms with Gasteiger partial charge in [0.25, 0.3) is 0 Å². The van der Waals surface area contributed by atoms with Crippen molar-refractivity contribution >= 4 is 17.9 Å². The number of rotatable bonds is 1. The van der Waals surface area contributed by atoms with Crippen LogP contribution in [0.25, 0.3) is 0 Å². The van der Waals surface area contributed by atoms with Crippen molar-refractivity contribution in [1.82, 2.24) is 0 Å². The van der Waals surface area contributed by atoms with E-state index in [1.54, 1.807) is 0 Å². The highest BCUT2D eigenvalue weighted by Crippen LogP contribution is 2.75. The lowest BCUT2D eigenvalue weighted by atomic mass is 9.57. The first-order chi connectivity index (χ1) is 18.4. The zero-order chi connectivity index (χ0) is 28.0. The highest BCUT2D eigenvalue weighted by Gasteiger charge is 2.79. The molecule has 6 rings (SSSR count). The van der Waals surface area contributed by atoms with Gasteiger partial charge < -0.3 is 19.3 Å². The molecule has 0 aromatic carbocycles. The third kappa shape index (κ3) is 3.54. The molecule has 2 saturated carbocycles. The van der Waals surface area contributed by atoms with E-state index in [0.717, 1.165) is 35.1 Å². The van der Waals surface area contributed by atoms with Crippen LogP contribution in [0.2, 0.25) is 0 Å². The Morgan fingerprint density at radius 1 is 1.13 bits per heavy atom. The van der Waals surface area contributed by atoms with Crippen molar-refractivity contribution in [2.24, 2.45) is 34.5 Å². The van der Waals surface area contributed by atoms with E-state index in [2.05, 4.69) is 26.5 Å². The lowest BCUT2D eigenvalue weighted by molar-refractivity contribution is -0.156. The minimum Gasteiger partial charge on any atom is -0.461 e. The molecule has 0 amide bonds. The van der Waals surface area contributed by atoms with Crippen LogP contribution in [0.1, 0.15) is 73.1 Å². The molecular formula is C32H40O7. The van der Waals surface area contributed by atoms with Gasteiger partial charge in [0.2, 0.25) is 0 Å². The molecule has 10 atom stereocenters. The summed E-state index contributed by atoms with van der Waals surface area (Å²) in [6.07, 6.45) is 5.93. The second kappa shape index (κ2) is 8.92. The van der Waals surface area contributed by atoms with E-state index in [9.17, 15) is 19.5 Å². The van der Waals surface area contributed by atoms with Gasteiger partial charge in [-0.15, -0.1) is 0 Å². The van der Waals surface area contributed by atoms with E-state index < -0.39 is 41.0 Å². The molecule has 2 spiro atoms. The van der Waals surface area contributed by atoms with Crippen LogP contribution in [0.3, 0.4) is 0 Å². The molecule has 210 valence electrons. The van der Waals surface area contributed by atoms with Crippen LogP contribution in [-0.2, 0) is 28.6 Å². The maximum Gasteiger partial charge on any atom is 0.334 e. The SMILES string of the molecule is C=C1C(=O)O[C@H]2C[C@H](C)[C@@]34C[C@]5(C(=O)O[C@@H]6/C=C(\C)CC/C=C(\C)C[C@@H](O)[C@H]65)[C@@H](C(C)=C3C[C@H]12)[C@H]4OC(C)=O. The van der Waals surface area contributed by atoms with Crippen molar-refractivity contribution in [3.63, 3.8) is 0 Å². The van der Waals surface area contributed by atoms with Gasteiger partial charge in [-0.25, -0.2) is 4.79 Å². The smallest absolute Gasteiger partial charge is 0.334 e. The van der Waals surface area contributed by atoms with Crippen molar-refractivity contribution in [1.29, 1.82) is 0 Å². The first-order valence-corrected chi connectivity index (χ1v) is 14.4. The van der Waals surface area contributed by atoms with Gasteiger partial charge in [0.05, 0.1) is 11.5 Å². The molecule has 4 fully saturated rings. The summed E-state index contributed by atoms with van der Waals surface area (Å²) in [7, 11) is 0. The fourth-order valence-electron chi connectivity index (χ4n) is 9.49. The molecule has 2 heterocycles. The predicted molar refractivity (Wildman–Crippen MR) is 143 cm³/mol. The molecule has 2 saturated heterocycles. The van der Waals surface area contributed by atoms with Crippen LogP contribution in [0, 0.1) is 34.5 Å². The number of hydrogen-bond donors (Lipinski definition) is 1. The standard InChI is InChI=1S/C32H40O7/c1-15-8-7-9-16(2)11-25-27(23(34)10-15)32(30(36)39-25)14-31-17(3)12-24-21(18(4)29(35)38-24)13-22(31)19(5)26(32)28(31)37-20(6)33/h8,11,17,21,23-28,34H,4,7,9-10,12-14H2,1-3,5-6H3/b15-8+,16-11+/t17-,21+,23+,24-,25+,26-,27+,28+,31-,32-/m0/s1. The van der Waals surface area contributed by atoms with Gasteiger partial charge in [-0.2, -0.15) is 0 Å². The third-order valence-electron chi connectivity index (χ3n) is 11.1. The van der Waals surface area contributed by atoms with E-state index in [-0.39, 0.29) is 35.8 Å². The monoisotopic (exact) mass is 536 g/mol. The summed E-state index contributed by atoms with van der Waals surface area (Å²) in [6, 6.07) is 0. The molecule has 0 aromatic heterocycles. The summed E-state index contributed by atoms with van der Waals surface area (Å²) in [5.41, 5.74) is 3.30. The Balaban J connectivity index is 1.53. The topological polar surface area (TPSA) is 99.1 Å². The maximum absolute atomic E-state index is 14.2. The molecular weight excluding hydrogens is 496 g/mol. The van der Waals surface area contributed by atoms with E-state index >= 15 is 0 Å². The number of carbonyl (C=O) groups is 3. The molecule has 1 N–H and O–H groups in total. The van der Waals surface area contributed by atoms with E-state index in [1.165, 1.54) is 6.92 Å². The zero-order valence-corrected chi connectivity index (χ0v) is 23.6.